The van der Waals surface area contributed by atoms with E-state index in [0.717, 1.165) is 11.1 Å². The molecule has 0 aliphatic rings. The number of carbonyl (C=O) groups excluding carboxylic acids is 1. The fraction of sp³-hybridized carbons (Fsp3) is 0.318. The number of amides is 1. The van der Waals surface area contributed by atoms with Crippen molar-refractivity contribution < 1.29 is 23.1 Å². The van der Waals surface area contributed by atoms with E-state index < -0.39 is 22.0 Å². The zero-order valence-electron chi connectivity index (χ0n) is 17.8. The second-order valence-electron chi connectivity index (χ2n) is 7.51. The molecule has 9 nitrogen and oxygen atoms in total. The first-order chi connectivity index (χ1) is 15.1. The molecular weight excluding hydrogens is 432 g/mol. The summed E-state index contributed by atoms with van der Waals surface area (Å²) in [6, 6.07) is 12.3. The summed E-state index contributed by atoms with van der Waals surface area (Å²) in [6.07, 6.45) is 0.451. The fourth-order valence-electron chi connectivity index (χ4n) is 3.04. The van der Waals surface area contributed by atoms with Crippen molar-refractivity contribution in [2.24, 2.45) is 5.73 Å². The third kappa shape index (κ3) is 8.12. The van der Waals surface area contributed by atoms with Gasteiger partial charge >= 0.3 is 5.97 Å². The van der Waals surface area contributed by atoms with Crippen LogP contribution in [0.5, 0.6) is 0 Å². The minimum Gasteiger partial charge on any atom is -0.481 e. The lowest BCUT2D eigenvalue weighted by molar-refractivity contribution is -0.137. The maximum Gasteiger partial charge on any atom is 0.304 e. The Hall–Kier alpha value is -3.24. The minimum absolute atomic E-state index is 0.0464. The summed E-state index contributed by atoms with van der Waals surface area (Å²) in [5, 5.41) is 19.2. The molecule has 2 aromatic carbocycles. The molecule has 2 rings (SSSR count). The fourth-order valence-corrected chi connectivity index (χ4v) is 4.32. The molecule has 0 aliphatic carbocycles. The van der Waals surface area contributed by atoms with Gasteiger partial charge in [-0.05, 0) is 37.5 Å². The van der Waals surface area contributed by atoms with Gasteiger partial charge in [0.15, 0.2) is 0 Å². The number of carboxylic acid groups (broad SMARTS) is 1. The number of carbonyl (C=O) groups is 2. The number of amidine groups is 1. The lowest BCUT2D eigenvalue weighted by Crippen LogP contribution is -2.37. The van der Waals surface area contributed by atoms with Gasteiger partial charge in [-0.2, -0.15) is 0 Å². The summed E-state index contributed by atoms with van der Waals surface area (Å²) in [5.74, 6) is -1.37. The molecule has 0 saturated heterocycles. The molecule has 0 spiro atoms. The maximum absolute atomic E-state index is 12.6. The number of sulfonamides is 1. The molecule has 1 atom stereocenters. The lowest BCUT2D eigenvalue weighted by atomic mass is 10.1. The van der Waals surface area contributed by atoms with Gasteiger partial charge in [-0.15, -0.1) is 0 Å². The standard InChI is InChI=1S/C22H28N4O5S/c1-15-4-10-19(11-5-15)32(30,31)26-18(14-21(28)29)3-2-12-25-20(27)13-16-6-8-17(9-7-16)22(23)24/h4-11,18,26H,2-3,12-14H2,1H3,(H3,23,24)(H,25,27)(H,28,29)/t18-/m0/s1. The Morgan fingerprint density at radius 3 is 2.28 bits per heavy atom. The predicted octanol–water partition coefficient (Wildman–Crippen LogP) is 1.54. The number of nitrogens with one attached hydrogen (secondary N) is 3. The molecule has 0 aromatic heterocycles. The summed E-state index contributed by atoms with van der Waals surface area (Å²) >= 11 is 0. The van der Waals surface area contributed by atoms with E-state index in [2.05, 4.69) is 10.0 Å². The SMILES string of the molecule is Cc1ccc(S(=O)(=O)N[C@@H](CCCNC(=O)Cc2ccc(C(=N)N)cc2)CC(=O)O)cc1. The van der Waals surface area contributed by atoms with Crippen LogP contribution in [0, 0.1) is 12.3 Å². The van der Waals surface area contributed by atoms with Gasteiger partial charge in [0, 0.05) is 18.2 Å². The molecule has 172 valence electrons. The molecule has 0 aliphatic heterocycles. The molecular formula is C22H28N4O5S. The van der Waals surface area contributed by atoms with Crippen molar-refractivity contribution in [1.82, 2.24) is 10.0 Å². The van der Waals surface area contributed by atoms with Crippen molar-refractivity contribution in [3.8, 4) is 0 Å². The molecule has 10 heteroatoms. The number of rotatable bonds is 12. The molecule has 2 aromatic rings. The second kappa shape index (κ2) is 11.4. The van der Waals surface area contributed by atoms with Crippen molar-refractivity contribution >= 4 is 27.7 Å². The van der Waals surface area contributed by atoms with Crippen molar-refractivity contribution in [2.75, 3.05) is 6.54 Å². The number of benzene rings is 2. The minimum atomic E-state index is -3.85. The van der Waals surface area contributed by atoms with Crippen molar-refractivity contribution in [3.63, 3.8) is 0 Å². The monoisotopic (exact) mass is 460 g/mol. The first-order valence-corrected chi connectivity index (χ1v) is 11.6. The summed E-state index contributed by atoms with van der Waals surface area (Å²) in [4.78, 5) is 23.3. The Bertz CT molecular complexity index is 1050. The highest BCUT2D eigenvalue weighted by molar-refractivity contribution is 7.89. The first-order valence-electron chi connectivity index (χ1n) is 10.1. The van der Waals surface area contributed by atoms with Gasteiger partial charge < -0.3 is 16.2 Å². The third-order valence-corrected chi connectivity index (χ3v) is 6.29. The van der Waals surface area contributed by atoms with Crippen molar-refractivity contribution in [2.45, 2.75) is 43.5 Å². The van der Waals surface area contributed by atoms with Crippen LogP contribution in [0.15, 0.2) is 53.4 Å². The van der Waals surface area contributed by atoms with Crippen LogP contribution in [0.3, 0.4) is 0 Å². The smallest absolute Gasteiger partial charge is 0.304 e. The summed E-state index contributed by atoms with van der Waals surface area (Å²) in [5.41, 5.74) is 7.66. The second-order valence-corrected chi connectivity index (χ2v) is 9.22. The highest BCUT2D eigenvalue weighted by Gasteiger charge is 2.22. The van der Waals surface area contributed by atoms with Crippen LogP contribution >= 0.6 is 0 Å². The van der Waals surface area contributed by atoms with E-state index in [4.69, 9.17) is 16.2 Å². The molecule has 32 heavy (non-hydrogen) atoms. The van der Waals surface area contributed by atoms with Crippen LogP contribution in [-0.2, 0) is 26.0 Å². The van der Waals surface area contributed by atoms with Gasteiger partial charge in [-0.25, -0.2) is 13.1 Å². The number of aliphatic carboxylic acids is 1. The van der Waals surface area contributed by atoms with E-state index >= 15 is 0 Å². The zero-order valence-corrected chi connectivity index (χ0v) is 18.6. The third-order valence-electron chi connectivity index (χ3n) is 4.76. The van der Waals surface area contributed by atoms with Gasteiger partial charge in [-0.1, -0.05) is 42.0 Å². The Balaban J connectivity index is 1.85. The quantitative estimate of drug-likeness (QED) is 0.183. The van der Waals surface area contributed by atoms with Crippen LogP contribution in [0.2, 0.25) is 0 Å². The Morgan fingerprint density at radius 1 is 1.09 bits per heavy atom. The van der Waals surface area contributed by atoms with E-state index in [-0.39, 0.29) is 42.4 Å². The van der Waals surface area contributed by atoms with Gasteiger partial charge in [-0.3, -0.25) is 15.0 Å². The highest BCUT2D eigenvalue weighted by atomic mass is 32.2. The summed E-state index contributed by atoms with van der Waals surface area (Å²) in [6.45, 7) is 2.12. The predicted molar refractivity (Wildman–Crippen MR) is 121 cm³/mol. The molecule has 1 amide bonds. The molecule has 0 bridgehead atoms. The van der Waals surface area contributed by atoms with Gasteiger partial charge in [0.1, 0.15) is 5.84 Å². The first kappa shape index (κ1) is 25.0. The summed E-state index contributed by atoms with van der Waals surface area (Å²) in [7, 11) is -3.85. The Kier molecular flexibility index (Phi) is 8.91. The number of hydrogen-bond donors (Lipinski definition) is 5. The van der Waals surface area contributed by atoms with Crippen LogP contribution in [0.4, 0.5) is 0 Å². The number of carboxylic acids is 1. The number of aryl methyl sites for hydroxylation is 1. The van der Waals surface area contributed by atoms with E-state index in [9.17, 15) is 18.0 Å². The number of nitrogen functional groups attached to an aromatic ring is 1. The topological polar surface area (TPSA) is 162 Å². The van der Waals surface area contributed by atoms with Gasteiger partial charge in [0.05, 0.1) is 17.7 Å². The van der Waals surface area contributed by atoms with E-state index in [1.807, 2.05) is 6.92 Å². The van der Waals surface area contributed by atoms with E-state index in [1.54, 1.807) is 36.4 Å². The van der Waals surface area contributed by atoms with Crippen LogP contribution < -0.4 is 15.8 Å². The average Bonchev–Trinajstić information content (AvgIpc) is 2.71. The van der Waals surface area contributed by atoms with Crippen LogP contribution in [0.1, 0.15) is 36.0 Å². The highest BCUT2D eigenvalue weighted by Crippen LogP contribution is 2.13. The van der Waals surface area contributed by atoms with E-state index in [1.165, 1.54) is 12.1 Å². The molecule has 0 saturated carbocycles. The van der Waals surface area contributed by atoms with Gasteiger partial charge in [0.2, 0.25) is 15.9 Å². The molecule has 0 heterocycles. The number of nitrogens with two attached hydrogens (primary N) is 1. The maximum atomic E-state index is 12.6. The van der Waals surface area contributed by atoms with Crippen LogP contribution in [-0.4, -0.2) is 43.8 Å². The Morgan fingerprint density at radius 2 is 1.72 bits per heavy atom. The largest absolute Gasteiger partial charge is 0.481 e. The van der Waals surface area contributed by atoms with Crippen molar-refractivity contribution in [3.05, 3.63) is 65.2 Å². The molecule has 0 unspecified atom stereocenters. The summed E-state index contributed by atoms with van der Waals surface area (Å²) < 4.78 is 27.6. The number of hydrogen-bond acceptors (Lipinski definition) is 5. The van der Waals surface area contributed by atoms with Crippen LogP contribution in [0.25, 0.3) is 0 Å². The molecule has 0 fully saturated rings. The zero-order chi connectivity index (χ0) is 23.7. The van der Waals surface area contributed by atoms with Gasteiger partial charge in [0.25, 0.3) is 0 Å². The Labute approximate surface area is 187 Å². The molecule has 6 N–H and O–H groups in total. The normalized spacial score (nSPS) is 12.2. The lowest BCUT2D eigenvalue weighted by Gasteiger charge is -2.17. The van der Waals surface area contributed by atoms with Crippen molar-refractivity contribution in [1.29, 1.82) is 5.41 Å². The average molecular weight is 461 g/mol. The molecule has 0 radical (unpaired) electrons. The van der Waals surface area contributed by atoms with E-state index in [0.29, 0.717) is 12.0 Å².